The summed E-state index contributed by atoms with van der Waals surface area (Å²) in [7, 11) is 0. The van der Waals surface area contributed by atoms with E-state index in [2.05, 4.69) is 23.8 Å². The zero-order valence-corrected chi connectivity index (χ0v) is 19.4. The van der Waals surface area contributed by atoms with Crippen LogP contribution in [0.5, 0.6) is 11.5 Å². The molecular weight excluding hydrogens is 425 g/mol. The van der Waals surface area contributed by atoms with Crippen LogP contribution in [0.1, 0.15) is 81.8 Å². The van der Waals surface area contributed by atoms with Gasteiger partial charge in [0.15, 0.2) is 0 Å². The summed E-state index contributed by atoms with van der Waals surface area (Å²) in [6.07, 6.45) is 7.57. The molecular formula is C28H35F3O2. The molecule has 0 aromatic heterocycles. The van der Waals surface area contributed by atoms with Crippen molar-refractivity contribution in [3.63, 3.8) is 0 Å². The maximum atomic E-state index is 12.3. The Morgan fingerprint density at radius 3 is 2.03 bits per heavy atom. The Balaban J connectivity index is 1.26. The highest BCUT2D eigenvalue weighted by Gasteiger charge is 2.32. The molecule has 2 aliphatic rings. The van der Waals surface area contributed by atoms with E-state index in [0.29, 0.717) is 12.5 Å². The number of halogens is 3. The molecule has 0 aliphatic heterocycles. The molecule has 5 heteroatoms. The van der Waals surface area contributed by atoms with Gasteiger partial charge in [0.05, 0.1) is 0 Å². The third-order valence-corrected chi connectivity index (χ3v) is 7.80. The summed E-state index contributed by atoms with van der Waals surface area (Å²) in [5.41, 5.74) is 2.14. The molecule has 0 N–H and O–H groups in total. The van der Waals surface area contributed by atoms with Gasteiger partial charge in [-0.05, 0) is 97.6 Å². The van der Waals surface area contributed by atoms with Crippen molar-refractivity contribution in [2.45, 2.75) is 83.6 Å². The second kappa shape index (κ2) is 10.8. The summed E-state index contributed by atoms with van der Waals surface area (Å²) in [4.78, 5) is 0. The molecule has 2 saturated carbocycles. The van der Waals surface area contributed by atoms with Crippen molar-refractivity contribution < 1.29 is 22.6 Å². The lowest BCUT2D eigenvalue weighted by Gasteiger charge is -2.38. The lowest BCUT2D eigenvalue weighted by Crippen LogP contribution is -2.25. The summed E-state index contributed by atoms with van der Waals surface area (Å²) >= 11 is 0. The first-order valence-electron chi connectivity index (χ1n) is 12.5. The first-order chi connectivity index (χ1) is 15.9. The molecule has 0 atom stereocenters. The minimum atomic E-state index is -4.67. The van der Waals surface area contributed by atoms with Crippen LogP contribution in [-0.4, -0.2) is 6.36 Å². The Hall–Kier alpha value is -2.17. The monoisotopic (exact) mass is 460 g/mol. The fourth-order valence-corrected chi connectivity index (χ4v) is 5.80. The van der Waals surface area contributed by atoms with Crippen molar-refractivity contribution in [3.05, 3.63) is 59.7 Å². The van der Waals surface area contributed by atoms with E-state index in [9.17, 15) is 13.2 Å². The summed E-state index contributed by atoms with van der Waals surface area (Å²) < 4.78 is 46.8. The van der Waals surface area contributed by atoms with Crippen LogP contribution in [0.15, 0.2) is 48.5 Å². The van der Waals surface area contributed by atoms with Gasteiger partial charge in [-0.25, -0.2) is 0 Å². The molecule has 2 aromatic carbocycles. The molecule has 0 bridgehead atoms. The minimum absolute atomic E-state index is 0.220. The third-order valence-electron chi connectivity index (χ3n) is 7.80. The molecule has 4 rings (SSSR count). The van der Waals surface area contributed by atoms with E-state index in [1.54, 1.807) is 12.1 Å². The maximum absolute atomic E-state index is 12.3. The molecule has 0 saturated heterocycles. The number of hydrogen-bond acceptors (Lipinski definition) is 2. The van der Waals surface area contributed by atoms with Crippen molar-refractivity contribution in [3.8, 4) is 11.5 Å². The lowest BCUT2D eigenvalue weighted by molar-refractivity contribution is -0.274. The molecule has 0 radical (unpaired) electrons. The van der Waals surface area contributed by atoms with Crippen LogP contribution in [0.25, 0.3) is 0 Å². The van der Waals surface area contributed by atoms with Gasteiger partial charge in [-0.15, -0.1) is 13.2 Å². The van der Waals surface area contributed by atoms with Gasteiger partial charge in [-0.3, -0.25) is 0 Å². The molecule has 0 spiro atoms. The Kier molecular flexibility index (Phi) is 7.87. The Morgan fingerprint density at radius 2 is 1.42 bits per heavy atom. The molecule has 180 valence electrons. The summed E-state index contributed by atoms with van der Waals surface area (Å²) in [5.74, 6) is 3.99. The quantitative estimate of drug-likeness (QED) is 0.412. The number of rotatable bonds is 7. The highest BCUT2D eigenvalue weighted by atomic mass is 19.4. The summed E-state index contributed by atoms with van der Waals surface area (Å²) in [6, 6.07) is 14.2. The van der Waals surface area contributed by atoms with Crippen molar-refractivity contribution in [2.75, 3.05) is 0 Å². The van der Waals surface area contributed by atoms with Gasteiger partial charge in [0.1, 0.15) is 18.1 Å². The molecule has 2 aromatic rings. The Bertz CT molecular complexity index is 861. The van der Waals surface area contributed by atoms with E-state index in [-0.39, 0.29) is 5.75 Å². The molecule has 0 unspecified atom stereocenters. The van der Waals surface area contributed by atoms with Crippen molar-refractivity contribution in [1.29, 1.82) is 0 Å². The lowest BCUT2D eigenvalue weighted by atomic mass is 9.68. The zero-order chi connectivity index (χ0) is 23.3. The fraction of sp³-hybridized carbons (Fsp3) is 0.571. The average molecular weight is 461 g/mol. The molecule has 2 fully saturated rings. The third kappa shape index (κ3) is 6.91. The highest BCUT2D eigenvalue weighted by molar-refractivity contribution is 5.32. The number of ether oxygens (including phenoxy) is 2. The highest BCUT2D eigenvalue weighted by Crippen LogP contribution is 2.44. The zero-order valence-electron chi connectivity index (χ0n) is 19.4. The number of benzene rings is 2. The van der Waals surface area contributed by atoms with E-state index >= 15 is 0 Å². The van der Waals surface area contributed by atoms with Crippen molar-refractivity contribution in [2.24, 2.45) is 17.8 Å². The molecule has 0 amide bonds. The van der Waals surface area contributed by atoms with Gasteiger partial charge in [0.25, 0.3) is 0 Å². The van der Waals surface area contributed by atoms with Crippen LogP contribution in [0, 0.1) is 17.8 Å². The molecule has 33 heavy (non-hydrogen) atoms. The van der Waals surface area contributed by atoms with Crippen molar-refractivity contribution in [1.82, 2.24) is 0 Å². The van der Waals surface area contributed by atoms with E-state index in [1.165, 1.54) is 75.5 Å². The normalized spacial score (nSPS) is 26.1. The van der Waals surface area contributed by atoms with Crippen LogP contribution in [-0.2, 0) is 6.61 Å². The SMILES string of the molecule is CCC1CCC(C2CCC(c3cccc(OCc4ccc(OC(F)(F)F)cc4)c3)CC2)CC1. The van der Waals surface area contributed by atoms with Gasteiger partial charge in [-0.1, -0.05) is 50.5 Å². The van der Waals surface area contributed by atoms with Crippen LogP contribution >= 0.6 is 0 Å². The topological polar surface area (TPSA) is 18.5 Å². The van der Waals surface area contributed by atoms with E-state index in [0.717, 1.165) is 29.1 Å². The van der Waals surface area contributed by atoms with E-state index < -0.39 is 6.36 Å². The van der Waals surface area contributed by atoms with Gasteiger partial charge in [0.2, 0.25) is 0 Å². The Labute approximate surface area is 195 Å². The maximum Gasteiger partial charge on any atom is 0.573 e. The standard InChI is InChI=1S/C28H35F3O2/c1-2-20-6-10-22(11-7-20)23-12-14-24(15-13-23)25-4-3-5-27(18-25)32-19-21-8-16-26(17-9-21)33-28(29,30)31/h3-5,8-9,16-18,20,22-24H,2,6-7,10-15,19H2,1H3. The van der Waals surface area contributed by atoms with Crippen LogP contribution in [0.4, 0.5) is 13.2 Å². The van der Waals surface area contributed by atoms with Crippen molar-refractivity contribution >= 4 is 0 Å². The van der Waals surface area contributed by atoms with E-state index in [4.69, 9.17) is 4.74 Å². The smallest absolute Gasteiger partial charge is 0.489 e. The largest absolute Gasteiger partial charge is 0.573 e. The van der Waals surface area contributed by atoms with E-state index in [1.807, 2.05) is 12.1 Å². The van der Waals surface area contributed by atoms with Gasteiger partial charge in [-0.2, -0.15) is 0 Å². The summed E-state index contributed by atoms with van der Waals surface area (Å²) in [6.45, 7) is 2.64. The van der Waals surface area contributed by atoms with Crippen LogP contribution < -0.4 is 9.47 Å². The number of hydrogen-bond donors (Lipinski definition) is 0. The predicted molar refractivity (Wildman–Crippen MR) is 124 cm³/mol. The van der Waals surface area contributed by atoms with Gasteiger partial charge >= 0.3 is 6.36 Å². The first-order valence-corrected chi connectivity index (χ1v) is 12.5. The molecule has 2 nitrogen and oxygen atoms in total. The first kappa shape index (κ1) is 24.0. The molecule has 0 heterocycles. The second-order valence-electron chi connectivity index (χ2n) is 9.85. The second-order valence-corrected chi connectivity index (χ2v) is 9.85. The Morgan fingerprint density at radius 1 is 0.788 bits per heavy atom. The van der Waals surface area contributed by atoms with Crippen LogP contribution in [0.3, 0.4) is 0 Å². The number of alkyl halides is 3. The average Bonchev–Trinajstić information content (AvgIpc) is 2.83. The predicted octanol–water partition coefficient (Wildman–Crippen LogP) is 8.65. The van der Waals surface area contributed by atoms with Gasteiger partial charge in [0, 0.05) is 0 Å². The molecule has 2 aliphatic carbocycles. The minimum Gasteiger partial charge on any atom is -0.489 e. The summed E-state index contributed by atoms with van der Waals surface area (Å²) in [5, 5.41) is 0. The fourth-order valence-electron chi connectivity index (χ4n) is 5.80. The van der Waals surface area contributed by atoms with Crippen LogP contribution in [0.2, 0.25) is 0 Å². The van der Waals surface area contributed by atoms with Gasteiger partial charge < -0.3 is 9.47 Å².